The van der Waals surface area contributed by atoms with Crippen LogP contribution in [0.4, 0.5) is 0 Å². The largest absolute Gasteiger partial charge is 0.286 e. The Bertz CT molecular complexity index is 360. The number of amidine groups is 2. The number of thioether (sulfide) groups is 1. The second kappa shape index (κ2) is 3.53. The molecule has 1 amide bonds. The van der Waals surface area contributed by atoms with Crippen LogP contribution in [-0.2, 0) is 4.79 Å². The highest BCUT2D eigenvalue weighted by atomic mass is 32.2. The van der Waals surface area contributed by atoms with E-state index in [1.807, 2.05) is 0 Å². The normalized spacial score (nSPS) is 20.8. The molecule has 2 aliphatic heterocycles. The molecule has 0 saturated heterocycles. The van der Waals surface area contributed by atoms with E-state index in [9.17, 15) is 4.79 Å². The first kappa shape index (κ1) is 9.39. The lowest BCUT2D eigenvalue weighted by atomic mass is 10.3. The predicted octanol–water partition coefficient (Wildman–Crippen LogP) is 1.41. The molecular formula is C8H10N4OS. The summed E-state index contributed by atoms with van der Waals surface area (Å²) in [6.07, 6.45) is 1.95. The van der Waals surface area contributed by atoms with E-state index in [0.717, 1.165) is 17.9 Å². The number of hydrazone groups is 1. The Kier molecular flexibility index (Phi) is 2.37. The highest BCUT2D eigenvalue weighted by Gasteiger charge is 2.31. The Balaban J connectivity index is 2.22. The maximum absolute atomic E-state index is 11.1. The van der Waals surface area contributed by atoms with E-state index in [1.165, 1.54) is 16.8 Å². The minimum atomic E-state index is -0.248. The first-order chi connectivity index (χ1) is 6.70. The van der Waals surface area contributed by atoms with E-state index in [4.69, 9.17) is 5.41 Å². The Hall–Kier alpha value is -1.17. The van der Waals surface area contributed by atoms with Crippen LogP contribution in [0, 0.1) is 5.41 Å². The molecular weight excluding hydrogens is 200 g/mol. The van der Waals surface area contributed by atoms with Crippen molar-refractivity contribution >= 4 is 33.7 Å². The summed E-state index contributed by atoms with van der Waals surface area (Å²) >= 11 is 1.39. The molecule has 0 aliphatic carbocycles. The molecule has 0 atom stereocenters. The molecule has 2 rings (SSSR count). The number of fused-ring (bicyclic) bond motifs is 1. The third kappa shape index (κ3) is 1.57. The van der Waals surface area contributed by atoms with Crippen LogP contribution in [0.2, 0.25) is 0 Å². The lowest BCUT2D eigenvalue weighted by Crippen LogP contribution is -2.33. The Morgan fingerprint density at radius 2 is 2.43 bits per heavy atom. The number of rotatable bonds is 2. The summed E-state index contributed by atoms with van der Waals surface area (Å²) in [5.41, 5.74) is 0. The Morgan fingerprint density at radius 3 is 3.14 bits per heavy atom. The molecule has 2 aliphatic rings. The molecule has 0 fully saturated rings. The monoisotopic (exact) mass is 210 g/mol. The van der Waals surface area contributed by atoms with Gasteiger partial charge < -0.3 is 0 Å². The minimum absolute atomic E-state index is 0.0625. The van der Waals surface area contributed by atoms with Crippen LogP contribution in [-0.4, -0.2) is 27.0 Å². The van der Waals surface area contributed by atoms with E-state index in [-0.39, 0.29) is 18.2 Å². The molecule has 0 spiro atoms. The van der Waals surface area contributed by atoms with Gasteiger partial charge in [0, 0.05) is 0 Å². The van der Waals surface area contributed by atoms with E-state index in [1.54, 1.807) is 0 Å². The standard InChI is InChI=1S/C8H10N4OS/c1-2-3-7-11-12-5(9)4-6(13)10-8(12)14-7/h9H,2-4H2,1H3. The number of amides is 1. The van der Waals surface area contributed by atoms with Crippen molar-refractivity contribution in [2.45, 2.75) is 26.2 Å². The van der Waals surface area contributed by atoms with E-state index in [0.29, 0.717) is 5.17 Å². The van der Waals surface area contributed by atoms with Gasteiger partial charge in [-0.2, -0.15) is 15.1 Å². The highest BCUT2D eigenvalue weighted by molar-refractivity contribution is 8.26. The Labute approximate surface area is 85.8 Å². The zero-order chi connectivity index (χ0) is 10.1. The molecule has 0 bridgehead atoms. The summed E-state index contributed by atoms with van der Waals surface area (Å²) in [5.74, 6) is -0.0275. The van der Waals surface area contributed by atoms with Gasteiger partial charge in [0.25, 0.3) is 5.91 Å². The molecule has 14 heavy (non-hydrogen) atoms. The highest BCUT2D eigenvalue weighted by Crippen LogP contribution is 2.26. The minimum Gasteiger partial charge on any atom is -0.286 e. The van der Waals surface area contributed by atoms with Crippen LogP contribution < -0.4 is 0 Å². The third-order valence-electron chi connectivity index (χ3n) is 1.86. The smallest absolute Gasteiger partial charge is 0.255 e. The number of carbonyl (C=O) groups excluding carboxylic acids is 1. The van der Waals surface area contributed by atoms with Crippen LogP contribution in [0.1, 0.15) is 26.2 Å². The fourth-order valence-electron chi connectivity index (χ4n) is 1.25. The topological polar surface area (TPSA) is 68.9 Å². The summed E-state index contributed by atoms with van der Waals surface area (Å²) in [6.45, 7) is 2.07. The van der Waals surface area contributed by atoms with Gasteiger partial charge in [0.15, 0.2) is 5.17 Å². The first-order valence-electron chi connectivity index (χ1n) is 4.45. The number of aliphatic imine (C=N–C) groups is 1. The number of carbonyl (C=O) groups is 1. The van der Waals surface area contributed by atoms with Crippen molar-refractivity contribution < 1.29 is 4.79 Å². The van der Waals surface area contributed by atoms with Gasteiger partial charge in [0.05, 0.1) is 6.42 Å². The molecule has 74 valence electrons. The van der Waals surface area contributed by atoms with Gasteiger partial charge >= 0.3 is 0 Å². The second-order valence-electron chi connectivity index (χ2n) is 3.07. The van der Waals surface area contributed by atoms with Crippen LogP contribution in [0.15, 0.2) is 10.1 Å². The lowest BCUT2D eigenvalue weighted by Gasteiger charge is -2.17. The SMILES string of the molecule is CCCC1=NN2C(=N)CC(=O)N=C2S1. The number of hydrogen-bond acceptors (Lipinski definition) is 4. The first-order valence-corrected chi connectivity index (χ1v) is 5.26. The summed E-state index contributed by atoms with van der Waals surface area (Å²) < 4.78 is 0. The summed E-state index contributed by atoms with van der Waals surface area (Å²) in [5, 5.41) is 14.7. The molecule has 2 heterocycles. The van der Waals surface area contributed by atoms with Gasteiger partial charge in [0.1, 0.15) is 10.9 Å². The summed E-state index contributed by atoms with van der Waals surface area (Å²) in [4.78, 5) is 14.9. The van der Waals surface area contributed by atoms with Gasteiger partial charge in [-0.05, 0) is 24.6 Å². The van der Waals surface area contributed by atoms with Crippen LogP contribution >= 0.6 is 11.8 Å². The third-order valence-corrected chi connectivity index (χ3v) is 2.83. The molecule has 0 aromatic heterocycles. The van der Waals surface area contributed by atoms with Crippen LogP contribution in [0.5, 0.6) is 0 Å². The fraction of sp³-hybridized carbons (Fsp3) is 0.500. The van der Waals surface area contributed by atoms with Gasteiger partial charge in [-0.1, -0.05) is 6.92 Å². The summed E-state index contributed by atoms with van der Waals surface area (Å²) in [7, 11) is 0. The van der Waals surface area contributed by atoms with Crippen molar-refractivity contribution in [2.24, 2.45) is 10.1 Å². The summed E-state index contributed by atoms with van der Waals surface area (Å²) in [6, 6.07) is 0. The van der Waals surface area contributed by atoms with Crippen molar-refractivity contribution in [1.29, 1.82) is 5.41 Å². The van der Waals surface area contributed by atoms with E-state index < -0.39 is 0 Å². The van der Waals surface area contributed by atoms with E-state index >= 15 is 0 Å². The molecule has 0 aromatic rings. The molecule has 0 radical (unpaired) electrons. The average molecular weight is 210 g/mol. The number of hydrogen-bond donors (Lipinski definition) is 1. The Morgan fingerprint density at radius 1 is 1.64 bits per heavy atom. The van der Waals surface area contributed by atoms with Crippen molar-refractivity contribution in [2.75, 3.05) is 0 Å². The maximum Gasteiger partial charge on any atom is 0.255 e. The molecule has 1 N–H and O–H groups in total. The van der Waals surface area contributed by atoms with Crippen LogP contribution in [0.25, 0.3) is 0 Å². The lowest BCUT2D eigenvalue weighted by molar-refractivity contribution is -0.117. The van der Waals surface area contributed by atoms with Gasteiger partial charge in [-0.25, -0.2) is 0 Å². The second-order valence-corrected chi connectivity index (χ2v) is 4.11. The maximum atomic E-state index is 11.1. The van der Waals surface area contributed by atoms with Crippen LogP contribution in [0.3, 0.4) is 0 Å². The predicted molar refractivity (Wildman–Crippen MR) is 56.6 cm³/mol. The molecule has 5 nitrogen and oxygen atoms in total. The quantitative estimate of drug-likeness (QED) is 0.749. The fourth-order valence-corrected chi connectivity index (χ4v) is 2.27. The van der Waals surface area contributed by atoms with Crippen molar-refractivity contribution in [3.63, 3.8) is 0 Å². The molecule has 0 saturated carbocycles. The van der Waals surface area contributed by atoms with Crippen molar-refractivity contribution in [1.82, 2.24) is 5.01 Å². The molecule has 0 unspecified atom stereocenters. The van der Waals surface area contributed by atoms with Gasteiger partial charge in [-0.3, -0.25) is 10.2 Å². The van der Waals surface area contributed by atoms with E-state index in [2.05, 4.69) is 17.0 Å². The zero-order valence-corrected chi connectivity index (χ0v) is 8.60. The average Bonchev–Trinajstić information content (AvgIpc) is 2.48. The molecule has 6 heteroatoms. The number of nitrogens with zero attached hydrogens (tertiary/aromatic N) is 3. The number of nitrogens with one attached hydrogen (secondary N) is 1. The van der Waals surface area contributed by atoms with Gasteiger partial charge in [0.2, 0.25) is 0 Å². The van der Waals surface area contributed by atoms with Crippen molar-refractivity contribution in [3.05, 3.63) is 0 Å². The van der Waals surface area contributed by atoms with Gasteiger partial charge in [-0.15, -0.1) is 0 Å². The molecule has 0 aromatic carbocycles. The van der Waals surface area contributed by atoms with Crippen molar-refractivity contribution in [3.8, 4) is 0 Å². The zero-order valence-electron chi connectivity index (χ0n) is 7.78.